The molecular formula is C34H46N8O2S2. The molecule has 4 amide bonds. The summed E-state index contributed by atoms with van der Waals surface area (Å²) in [7, 11) is 4.25. The first kappa shape index (κ1) is 32.3. The number of carbonyl (C=O) groups excluding carboxylic acids is 2. The van der Waals surface area contributed by atoms with Gasteiger partial charge < -0.3 is 30.2 Å². The van der Waals surface area contributed by atoms with E-state index in [4.69, 9.17) is 9.97 Å². The molecule has 2 aliphatic rings. The molecule has 2 fully saturated rings. The lowest BCUT2D eigenvalue weighted by Gasteiger charge is -2.36. The number of hydrogen-bond donors (Lipinski definition) is 2. The van der Waals surface area contributed by atoms with Crippen LogP contribution in [0.5, 0.6) is 0 Å². The van der Waals surface area contributed by atoms with Gasteiger partial charge in [0.15, 0.2) is 10.3 Å². The van der Waals surface area contributed by atoms with Gasteiger partial charge in [0.1, 0.15) is 0 Å². The highest BCUT2D eigenvalue weighted by atomic mass is 32.1. The Balaban J connectivity index is 0.794. The van der Waals surface area contributed by atoms with Crippen molar-refractivity contribution >= 4 is 65.4 Å². The third-order valence-corrected chi connectivity index (χ3v) is 11.7. The number of carbonyl (C=O) groups is 2. The molecule has 2 N–H and O–H groups in total. The molecule has 2 aromatic heterocycles. The van der Waals surface area contributed by atoms with Gasteiger partial charge in [-0.2, -0.15) is 0 Å². The maximum Gasteiger partial charge on any atom is 0.317 e. The van der Waals surface area contributed by atoms with E-state index in [1.54, 1.807) is 22.7 Å². The molecule has 4 heterocycles. The monoisotopic (exact) mass is 662 g/mol. The third-order valence-electron chi connectivity index (χ3n) is 9.42. The molecule has 0 saturated carbocycles. The topological polar surface area (TPSA) is 96.9 Å². The van der Waals surface area contributed by atoms with Gasteiger partial charge in [-0.05, 0) is 62.8 Å². The van der Waals surface area contributed by atoms with E-state index in [2.05, 4.69) is 70.9 Å². The highest BCUT2D eigenvalue weighted by Gasteiger charge is 2.28. The number of aromatic nitrogens is 2. The average Bonchev–Trinajstić information content (AvgIpc) is 3.74. The normalized spacial score (nSPS) is 16.2. The second kappa shape index (κ2) is 15.3. The van der Waals surface area contributed by atoms with Crippen molar-refractivity contribution in [3.05, 3.63) is 48.5 Å². The van der Waals surface area contributed by atoms with Gasteiger partial charge in [0.25, 0.3) is 0 Å². The minimum absolute atomic E-state index is 0.0448. The number of benzene rings is 2. The van der Waals surface area contributed by atoms with Gasteiger partial charge in [-0.15, -0.1) is 0 Å². The highest BCUT2D eigenvalue weighted by Crippen LogP contribution is 2.32. The lowest BCUT2D eigenvalue weighted by Crippen LogP contribution is -2.49. The van der Waals surface area contributed by atoms with Crippen LogP contribution in [-0.4, -0.2) is 97.3 Å². The van der Waals surface area contributed by atoms with Crippen LogP contribution in [-0.2, 0) is 0 Å². The zero-order valence-corrected chi connectivity index (χ0v) is 28.6. The molecule has 0 radical (unpaired) electrons. The molecule has 0 atom stereocenters. The largest absolute Gasteiger partial charge is 0.348 e. The SMILES string of the molecule is CN(c1nc2ccccc2s1)C1CCN(C(=O)NCCCCCCNC(=O)N2CCC(N(C)c3nc4ccccc4s3)CC2)CC1. The number of hydrogen-bond acceptors (Lipinski definition) is 8. The number of unbranched alkanes of at least 4 members (excludes halogenated alkanes) is 3. The highest BCUT2D eigenvalue weighted by molar-refractivity contribution is 7.22. The standard InChI is InChI=1S/C34H46N8O2S2/c1-39(33-37-27-11-5-7-13-29(27)45-33)25-15-21-41(22-16-25)31(43)35-19-9-3-4-10-20-36-32(44)42-23-17-26(18-24-42)40(2)34-38-28-12-6-8-14-30(28)46-34/h5-8,11-14,25-26H,3-4,9-10,15-24H2,1-2H3,(H,35,43)(H,36,44). The Morgan fingerprint density at radius 1 is 0.674 bits per heavy atom. The zero-order valence-electron chi connectivity index (χ0n) is 27.0. The summed E-state index contributed by atoms with van der Waals surface area (Å²) in [6.07, 6.45) is 7.77. The maximum absolute atomic E-state index is 12.7. The number of nitrogens with one attached hydrogen (secondary N) is 2. The molecule has 0 aliphatic carbocycles. The summed E-state index contributed by atoms with van der Waals surface area (Å²) in [6, 6.07) is 17.4. The van der Waals surface area contributed by atoms with Gasteiger partial charge >= 0.3 is 12.1 Å². The van der Waals surface area contributed by atoms with E-state index < -0.39 is 0 Å². The Labute approximate surface area is 279 Å². The molecule has 10 nitrogen and oxygen atoms in total. The van der Waals surface area contributed by atoms with E-state index in [9.17, 15) is 9.59 Å². The molecule has 0 spiro atoms. The summed E-state index contributed by atoms with van der Waals surface area (Å²) < 4.78 is 2.42. The summed E-state index contributed by atoms with van der Waals surface area (Å²) in [5.74, 6) is 0. The van der Waals surface area contributed by atoms with Crippen molar-refractivity contribution in [3.8, 4) is 0 Å². The fourth-order valence-corrected chi connectivity index (χ4v) is 8.46. The third kappa shape index (κ3) is 7.83. The molecule has 2 aromatic carbocycles. The van der Waals surface area contributed by atoms with Crippen LogP contribution in [0.15, 0.2) is 48.5 Å². The number of fused-ring (bicyclic) bond motifs is 2. The lowest BCUT2D eigenvalue weighted by atomic mass is 10.0. The minimum Gasteiger partial charge on any atom is -0.348 e. The lowest BCUT2D eigenvalue weighted by molar-refractivity contribution is 0.180. The van der Waals surface area contributed by atoms with Gasteiger partial charge in [-0.25, -0.2) is 19.6 Å². The predicted octanol–water partition coefficient (Wildman–Crippen LogP) is 6.39. The second-order valence-corrected chi connectivity index (χ2v) is 14.5. The van der Waals surface area contributed by atoms with Crippen molar-refractivity contribution < 1.29 is 9.59 Å². The molecule has 246 valence electrons. The summed E-state index contributed by atoms with van der Waals surface area (Å²) >= 11 is 3.46. The number of rotatable bonds is 11. The first-order chi connectivity index (χ1) is 22.5. The van der Waals surface area contributed by atoms with E-state index >= 15 is 0 Å². The van der Waals surface area contributed by atoms with Gasteiger partial charge in [-0.3, -0.25) is 0 Å². The zero-order chi connectivity index (χ0) is 31.9. The molecule has 46 heavy (non-hydrogen) atoms. The van der Waals surface area contributed by atoms with E-state index in [0.717, 1.165) is 98.8 Å². The molecule has 2 aliphatic heterocycles. The van der Waals surface area contributed by atoms with Crippen LogP contribution in [0.25, 0.3) is 20.4 Å². The predicted molar refractivity (Wildman–Crippen MR) is 191 cm³/mol. The van der Waals surface area contributed by atoms with Crippen LogP contribution >= 0.6 is 22.7 Å². The van der Waals surface area contributed by atoms with Crippen molar-refractivity contribution in [2.75, 3.05) is 63.2 Å². The van der Waals surface area contributed by atoms with Gasteiger partial charge in [0, 0.05) is 65.4 Å². The molecule has 2 saturated heterocycles. The summed E-state index contributed by atoms with van der Waals surface area (Å²) in [5, 5.41) is 8.31. The molecule has 12 heteroatoms. The molecule has 0 bridgehead atoms. The smallest absolute Gasteiger partial charge is 0.317 e. The van der Waals surface area contributed by atoms with E-state index in [1.165, 1.54) is 9.40 Å². The number of anilines is 2. The maximum atomic E-state index is 12.7. The Hall–Kier alpha value is -3.64. The Morgan fingerprint density at radius 3 is 1.46 bits per heavy atom. The molecule has 6 rings (SSSR count). The Bertz CT molecular complexity index is 1410. The van der Waals surface area contributed by atoms with Gasteiger partial charge in [0.05, 0.1) is 20.4 Å². The molecular weight excluding hydrogens is 617 g/mol. The van der Waals surface area contributed by atoms with Crippen LogP contribution in [0.3, 0.4) is 0 Å². The number of amides is 4. The second-order valence-electron chi connectivity index (χ2n) is 12.5. The van der Waals surface area contributed by atoms with Crippen LogP contribution in [0.4, 0.5) is 19.9 Å². The number of para-hydroxylation sites is 2. The quantitative estimate of drug-likeness (QED) is 0.181. The molecule has 0 unspecified atom stereocenters. The Morgan fingerprint density at radius 2 is 1.07 bits per heavy atom. The first-order valence-corrected chi connectivity index (χ1v) is 18.3. The van der Waals surface area contributed by atoms with E-state index in [-0.39, 0.29) is 12.1 Å². The number of likely N-dealkylation sites (tertiary alicyclic amines) is 2. The average molecular weight is 663 g/mol. The minimum atomic E-state index is 0.0448. The Kier molecular flexibility index (Phi) is 10.7. The van der Waals surface area contributed by atoms with Gasteiger partial charge in [0.2, 0.25) is 0 Å². The van der Waals surface area contributed by atoms with Crippen LogP contribution in [0, 0.1) is 0 Å². The van der Waals surface area contributed by atoms with Crippen molar-refractivity contribution in [1.29, 1.82) is 0 Å². The summed E-state index contributed by atoms with van der Waals surface area (Å²) in [6.45, 7) is 4.45. The number of piperidine rings is 2. The van der Waals surface area contributed by atoms with Gasteiger partial charge in [-0.1, -0.05) is 59.8 Å². The summed E-state index contributed by atoms with van der Waals surface area (Å²) in [5.41, 5.74) is 2.10. The van der Waals surface area contributed by atoms with E-state index in [0.29, 0.717) is 25.2 Å². The number of urea groups is 2. The fraction of sp³-hybridized carbons (Fsp3) is 0.529. The summed E-state index contributed by atoms with van der Waals surface area (Å²) in [4.78, 5) is 43.5. The van der Waals surface area contributed by atoms with Crippen molar-refractivity contribution in [2.24, 2.45) is 0 Å². The number of nitrogens with zero attached hydrogens (tertiary/aromatic N) is 6. The fourth-order valence-electron chi connectivity index (χ4n) is 6.46. The van der Waals surface area contributed by atoms with E-state index in [1.807, 2.05) is 21.9 Å². The molecule has 4 aromatic rings. The van der Waals surface area contributed by atoms with Crippen molar-refractivity contribution in [3.63, 3.8) is 0 Å². The number of thiazole rings is 2. The van der Waals surface area contributed by atoms with Crippen LogP contribution in [0.1, 0.15) is 51.4 Å². The van der Waals surface area contributed by atoms with Crippen LogP contribution in [0.2, 0.25) is 0 Å². The van der Waals surface area contributed by atoms with Crippen molar-refractivity contribution in [2.45, 2.75) is 63.5 Å². The van der Waals surface area contributed by atoms with Crippen LogP contribution < -0.4 is 20.4 Å². The first-order valence-electron chi connectivity index (χ1n) is 16.7. The van der Waals surface area contributed by atoms with Crippen molar-refractivity contribution in [1.82, 2.24) is 30.4 Å².